The molecule has 1 aromatic heterocycles. The van der Waals surface area contributed by atoms with Crippen LogP contribution in [-0.2, 0) is 0 Å². The van der Waals surface area contributed by atoms with Crippen LogP contribution in [0.1, 0.15) is 26.7 Å². The van der Waals surface area contributed by atoms with Gasteiger partial charge in [-0.1, -0.05) is 26.7 Å². The lowest BCUT2D eigenvalue weighted by Gasteiger charge is -2.20. The van der Waals surface area contributed by atoms with Crippen LogP contribution < -0.4 is 10.1 Å². The molecular formula is C11H19ClN4O2. The minimum Gasteiger partial charge on any atom is -0.467 e. The van der Waals surface area contributed by atoms with Crippen molar-refractivity contribution in [2.24, 2.45) is 5.92 Å². The van der Waals surface area contributed by atoms with E-state index in [4.69, 9.17) is 16.3 Å². The van der Waals surface area contributed by atoms with Crippen LogP contribution >= 0.6 is 11.6 Å². The van der Waals surface area contributed by atoms with Gasteiger partial charge in [0.25, 0.3) is 0 Å². The van der Waals surface area contributed by atoms with Gasteiger partial charge in [0.1, 0.15) is 0 Å². The lowest BCUT2D eigenvalue weighted by atomic mass is 9.97. The Bertz CT molecular complexity index is 374. The van der Waals surface area contributed by atoms with E-state index >= 15 is 0 Å². The molecule has 18 heavy (non-hydrogen) atoms. The number of methoxy groups -OCH3 is 1. The van der Waals surface area contributed by atoms with Crippen LogP contribution in [0.15, 0.2) is 0 Å². The molecule has 1 unspecified atom stereocenters. The van der Waals surface area contributed by atoms with Gasteiger partial charge in [-0.3, -0.25) is 0 Å². The molecule has 1 atom stereocenters. The SMILES string of the molecule is CCC(CC)C(O)CNc1nc(Cl)nc(OC)n1. The van der Waals surface area contributed by atoms with E-state index in [1.165, 1.54) is 7.11 Å². The topological polar surface area (TPSA) is 80.2 Å². The Morgan fingerprint density at radius 3 is 2.50 bits per heavy atom. The molecule has 1 rings (SSSR count). The summed E-state index contributed by atoms with van der Waals surface area (Å²) in [5.74, 6) is 0.563. The highest BCUT2D eigenvalue weighted by Gasteiger charge is 2.15. The van der Waals surface area contributed by atoms with Crippen molar-refractivity contribution in [2.45, 2.75) is 32.8 Å². The Kier molecular flexibility index (Phi) is 6.07. The van der Waals surface area contributed by atoms with Crippen LogP contribution in [0.3, 0.4) is 0 Å². The quantitative estimate of drug-likeness (QED) is 0.788. The standard InChI is InChI=1S/C11H19ClN4O2/c1-4-7(5-2)8(17)6-13-10-14-9(12)15-11(16-10)18-3/h7-8,17H,4-6H2,1-3H3,(H,13,14,15,16). The number of hydrogen-bond donors (Lipinski definition) is 2. The van der Waals surface area contributed by atoms with Crippen LogP contribution in [0.5, 0.6) is 6.01 Å². The van der Waals surface area contributed by atoms with Gasteiger partial charge in [0.15, 0.2) is 0 Å². The first-order valence-corrected chi connectivity index (χ1v) is 6.36. The van der Waals surface area contributed by atoms with E-state index in [2.05, 4.69) is 34.1 Å². The van der Waals surface area contributed by atoms with E-state index in [9.17, 15) is 5.11 Å². The molecule has 2 N–H and O–H groups in total. The summed E-state index contributed by atoms with van der Waals surface area (Å²) in [6.45, 7) is 4.48. The van der Waals surface area contributed by atoms with Crippen LogP contribution in [0, 0.1) is 5.92 Å². The van der Waals surface area contributed by atoms with Crippen molar-refractivity contribution >= 4 is 17.5 Å². The molecule has 0 fully saturated rings. The zero-order valence-electron chi connectivity index (χ0n) is 10.9. The highest BCUT2D eigenvalue weighted by Crippen LogP contribution is 2.15. The van der Waals surface area contributed by atoms with Crippen molar-refractivity contribution in [3.63, 3.8) is 0 Å². The Morgan fingerprint density at radius 1 is 1.28 bits per heavy atom. The summed E-state index contributed by atoms with van der Waals surface area (Å²) >= 11 is 5.72. The molecular weight excluding hydrogens is 256 g/mol. The van der Waals surface area contributed by atoms with Gasteiger partial charge in [0, 0.05) is 6.54 Å². The molecule has 0 aliphatic carbocycles. The molecule has 1 aromatic rings. The summed E-state index contributed by atoms with van der Waals surface area (Å²) in [4.78, 5) is 11.7. The second-order valence-electron chi connectivity index (χ2n) is 3.94. The zero-order chi connectivity index (χ0) is 13.5. The van der Waals surface area contributed by atoms with E-state index < -0.39 is 6.10 Å². The van der Waals surface area contributed by atoms with Gasteiger partial charge in [-0.25, -0.2) is 0 Å². The Labute approximate surface area is 112 Å². The fourth-order valence-electron chi connectivity index (χ4n) is 1.70. The highest BCUT2D eigenvalue weighted by molar-refractivity contribution is 6.28. The Hall–Kier alpha value is -1.14. The van der Waals surface area contributed by atoms with E-state index in [-0.39, 0.29) is 17.2 Å². The first-order chi connectivity index (χ1) is 8.60. The second kappa shape index (κ2) is 7.33. The normalized spacial score (nSPS) is 12.6. The summed E-state index contributed by atoms with van der Waals surface area (Å²) in [6, 6.07) is 0.148. The summed E-state index contributed by atoms with van der Waals surface area (Å²) in [5.41, 5.74) is 0. The van der Waals surface area contributed by atoms with Crippen molar-refractivity contribution in [2.75, 3.05) is 19.0 Å². The summed E-state index contributed by atoms with van der Waals surface area (Å²) in [5, 5.41) is 13.0. The van der Waals surface area contributed by atoms with Crippen LogP contribution in [0.25, 0.3) is 0 Å². The molecule has 0 radical (unpaired) electrons. The molecule has 0 aromatic carbocycles. The van der Waals surface area contributed by atoms with E-state index in [0.29, 0.717) is 12.5 Å². The third-order valence-electron chi connectivity index (χ3n) is 2.83. The third-order valence-corrected chi connectivity index (χ3v) is 3.00. The number of hydrogen-bond acceptors (Lipinski definition) is 6. The van der Waals surface area contributed by atoms with Gasteiger partial charge >= 0.3 is 6.01 Å². The van der Waals surface area contributed by atoms with Crippen LogP contribution in [-0.4, -0.2) is 39.8 Å². The van der Waals surface area contributed by atoms with Crippen molar-refractivity contribution in [1.82, 2.24) is 15.0 Å². The largest absolute Gasteiger partial charge is 0.467 e. The smallest absolute Gasteiger partial charge is 0.322 e. The molecule has 102 valence electrons. The summed E-state index contributed by atoms with van der Waals surface area (Å²) < 4.78 is 4.88. The summed E-state index contributed by atoms with van der Waals surface area (Å²) in [6.07, 6.45) is 1.42. The molecule has 0 saturated heterocycles. The Morgan fingerprint density at radius 2 is 1.94 bits per heavy atom. The average Bonchev–Trinajstić information content (AvgIpc) is 2.37. The maximum atomic E-state index is 9.97. The van der Waals surface area contributed by atoms with Crippen LogP contribution in [0.4, 0.5) is 5.95 Å². The number of halogens is 1. The maximum Gasteiger partial charge on any atom is 0.322 e. The lowest BCUT2D eigenvalue weighted by molar-refractivity contribution is 0.114. The van der Waals surface area contributed by atoms with E-state index in [1.54, 1.807) is 0 Å². The number of ether oxygens (including phenoxy) is 1. The Balaban J connectivity index is 2.60. The molecule has 0 amide bonds. The molecule has 1 heterocycles. The summed E-state index contributed by atoms with van der Waals surface area (Å²) in [7, 11) is 1.45. The zero-order valence-corrected chi connectivity index (χ0v) is 11.6. The highest BCUT2D eigenvalue weighted by atomic mass is 35.5. The fraction of sp³-hybridized carbons (Fsp3) is 0.727. The average molecular weight is 275 g/mol. The van der Waals surface area contributed by atoms with Gasteiger partial charge < -0.3 is 15.2 Å². The first kappa shape index (κ1) is 14.9. The minimum atomic E-state index is -0.443. The third kappa shape index (κ3) is 4.27. The molecule has 0 spiro atoms. The van der Waals surface area contributed by atoms with Gasteiger partial charge in [-0.15, -0.1) is 0 Å². The van der Waals surface area contributed by atoms with Gasteiger partial charge in [-0.2, -0.15) is 15.0 Å². The second-order valence-corrected chi connectivity index (χ2v) is 4.28. The number of aromatic nitrogens is 3. The predicted octanol–water partition coefficient (Wildman–Crippen LogP) is 1.74. The van der Waals surface area contributed by atoms with Crippen LogP contribution in [0.2, 0.25) is 5.28 Å². The minimum absolute atomic E-state index is 0.0568. The molecule has 7 heteroatoms. The number of rotatable bonds is 7. The maximum absolute atomic E-state index is 9.97. The van der Waals surface area contributed by atoms with Crippen molar-refractivity contribution < 1.29 is 9.84 Å². The monoisotopic (exact) mass is 274 g/mol. The van der Waals surface area contributed by atoms with Gasteiger partial charge in [0.05, 0.1) is 13.2 Å². The molecule has 0 bridgehead atoms. The molecule has 0 aliphatic heterocycles. The number of anilines is 1. The predicted molar refractivity (Wildman–Crippen MR) is 70.0 cm³/mol. The van der Waals surface area contributed by atoms with Gasteiger partial charge in [-0.05, 0) is 17.5 Å². The first-order valence-electron chi connectivity index (χ1n) is 5.98. The fourth-order valence-corrected chi connectivity index (χ4v) is 1.85. The number of aliphatic hydroxyl groups excluding tert-OH is 1. The lowest BCUT2D eigenvalue weighted by Crippen LogP contribution is -2.28. The van der Waals surface area contributed by atoms with Crippen molar-refractivity contribution in [1.29, 1.82) is 0 Å². The van der Waals surface area contributed by atoms with Crippen molar-refractivity contribution in [3.8, 4) is 6.01 Å². The molecule has 6 nitrogen and oxygen atoms in total. The number of nitrogens with one attached hydrogen (secondary N) is 1. The molecule has 0 saturated carbocycles. The van der Waals surface area contributed by atoms with Crippen molar-refractivity contribution in [3.05, 3.63) is 5.28 Å². The van der Waals surface area contributed by atoms with E-state index in [0.717, 1.165) is 12.8 Å². The molecule has 0 aliphatic rings. The van der Waals surface area contributed by atoms with Gasteiger partial charge in [0.2, 0.25) is 11.2 Å². The van der Waals surface area contributed by atoms with E-state index in [1.807, 2.05) is 0 Å². The number of nitrogens with zero attached hydrogens (tertiary/aromatic N) is 3. The number of aliphatic hydroxyl groups is 1.